The van der Waals surface area contributed by atoms with E-state index in [4.69, 9.17) is 4.42 Å². The monoisotopic (exact) mass is 404 g/mol. The molecule has 0 spiro atoms. The molecular formula is C21H28N2O4S. The predicted octanol–water partition coefficient (Wildman–Crippen LogP) is 2.88. The van der Waals surface area contributed by atoms with Gasteiger partial charge in [0.25, 0.3) is 0 Å². The molecule has 152 valence electrons. The zero-order chi connectivity index (χ0) is 20.0. The van der Waals surface area contributed by atoms with Gasteiger partial charge in [0, 0.05) is 32.0 Å². The molecule has 7 heteroatoms. The van der Waals surface area contributed by atoms with Crippen molar-refractivity contribution in [1.82, 2.24) is 9.62 Å². The van der Waals surface area contributed by atoms with Gasteiger partial charge in [-0.3, -0.25) is 4.79 Å². The third-order valence-electron chi connectivity index (χ3n) is 5.17. The number of benzene rings is 1. The summed E-state index contributed by atoms with van der Waals surface area (Å²) in [5.41, 5.74) is 1.90. The lowest BCUT2D eigenvalue weighted by atomic mass is 9.97. The van der Waals surface area contributed by atoms with Crippen LogP contribution in [0.3, 0.4) is 0 Å². The van der Waals surface area contributed by atoms with Crippen molar-refractivity contribution >= 4 is 15.9 Å². The first-order chi connectivity index (χ1) is 13.4. The highest BCUT2D eigenvalue weighted by atomic mass is 32.2. The van der Waals surface area contributed by atoms with Gasteiger partial charge in [-0.25, -0.2) is 12.7 Å². The van der Waals surface area contributed by atoms with Gasteiger partial charge in [-0.15, -0.1) is 0 Å². The summed E-state index contributed by atoms with van der Waals surface area (Å²) in [5.74, 6) is 0.836. The van der Waals surface area contributed by atoms with Crippen molar-refractivity contribution in [1.29, 1.82) is 0 Å². The summed E-state index contributed by atoms with van der Waals surface area (Å²) < 4.78 is 32.1. The second kappa shape index (κ2) is 9.39. The Morgan fingerprint density at radius 3 is 2.54 bits per heavy atom. The molecule has 1 N–H and O–H groups in total. The Labute approximate surface area is 167 Å². The molecule has 2 heterocycles. The number of carbonyl (C=O) groups excluding carboxylic acids is 1. The highest BCUT2D eigenvalue weighted by Gasteiger charge is 2.31. The number of amides is 1. The summed E-state index contributed by atoms with van der Waals surface area (Å²) in [7, 11) is -3.35. The first-order valence-electron chi connectivity index (χ1n) is 9.77. The first-order valence-corrected chi connectivity index (χ1v) is 11.4. The average Bonchev–Trinajstić information content (AvgIpc) is 3.20. The number of sulfonamides is 1. The number of hydrogen-bond donors (Lipinski definition) is 1. The summed E-state index contributed by atoms with van der Waals surface area (Å²) >= 11 is 0. The van der Waals surface area contributed by atoms with E-state index in [0.29, 0.717) is 32.5 Å². The molecule has 0 atom stereocenters. The van der Waals surface area contributed by atoms with Gasteiger partial charge >= 0.3 is 0 Å². The van der Waals surface area contributed by atoms with Crippen molar-refractivity contribution in [2.45, 2.75) is 38.4 Å². The summed E-state index contributed by atoms with van der Waals surface area (Å²) in [6, 6.07) is 11.3. The van der Waals surface area contributed by atoms with E-state index in [1.165, 1.54) is 4.31 Å². The molecule has 1 fully saturated rings. The molecule has 1 aliphatic rings. The molecule has 0 aliphatic carbocycles. The minimum atomic E-state index is -3.35. The van der Waals surface area contributed by atoms with Crippen LogP contribution >= 0.6 is 0 Å². The second-order valence-electron chi connectivity index (χ2n) is 7.39. The Balaban J connectivity index is 1.41. The highest BCUT2D eigenvalue weighted by Crippen LogP contribution is 2.22. The topological polar surface area (TPSA) is 79.6 Å². The lowest BCUT2D eigenvalue weighted by molar-refractivity contribution is -0.126. The number of aryl methyl sites for hydroxylation is 2. The largest absolute Gasteiger partial charge is 0.469 e. The smallest absolute Gasteiger partial charge is 0.223 e. The fraction of sp³-hybridized carbons (Fsp3) is 0.476. The molecule has 0 radical (unpaired) electrons. The fourth-order valence-electron chi connectivity index (χ4n) is 3.46. The quantitative estimate of drug-likeness (QED) is 0.686. The van der Waals surface area contributed by atoms with Gasteiger partial charge in [-0.2, -0.15) is 0 Å². The third-order valence-corrected chi connectivity index (χ3v) is 7.02. The molecule has 0 unspecified atom stereocenters. The summed E-state index contributed by atoms with van der Waals surface area (Å²) in [6.07, 6.45) is 4.40. The third kappa shape index (κ3) is 5.69. The van der Waals surface area contributed by atoms with Crippen LogP contribution in [-0.2, 0) is 27.0 Å². The SMILES string of the molecule is Cc1ccc(CS(=O)(=O)N2CCC(C(=O)NCCCc3ccco3)CC2)cc1. The number of hydrogen-bond acceptors (Lipinski definition) is 4. The minimum absolute atomic E-state index is 0.0108. The van der Waals surface area contributed by atoms with E-state index < -0.39 is 10.0 Å². The van der Waals surface area contributed by atoms with Crippen LogP contribution in [0.15, 0.2) is 47.1 Å². The van der Waals surface area contributed by atoms with Crippen molar-refractivity contribution in [3.8, 4) is 0 Å². The normalized spacial score (nSPS) is 16.2. The average molecular weight is 405 g/mol. The number of piperidine rings is 1. The zero-order valence-electron chi connectivity index (χ0n) is 16.3. The molecule has 0 saturated carbocycles. The van der Waals surface area contributed by atoms with Crippen LogP contribution in [0.2, 0.25) is 0 Å². The van der Waals surface area contributed by atoms with Gasteiger partial charge in [-0.05, 0) is 43.9 Å². The summed E-state index contributed by atoms with van der Waals surface area (Å²) in [5, 5.41) is 2.96. The number of rotatable bonds is 8. The zero-order valence-corrected chi connectivity index (χ0v) is 17.1. The van der Waals surface area contributed by atoms with Crippen molar-refractivity contribution in [3.05, 3.63) is 59.5 Å². The highest BCUT2D eigenvalue weighted by molar-refractivity contribution is 7.88. The molecule has 3 rings (SSSR count). The number of carbonyl (C=O) groups is 1. The van der Waals surface area contributed by atoms with Crippen molar-refractivity contribution in [3.63, 3.8) is 0 Å². The Morgan fingerprint density at radius 1 is 1.18 bits per heavy atom. The van der Waals surface area contributed by atoms with Gasteiger partial charge in [0.15, 0.2) is 0 Å². The molecule has 1 aromatic carbocycles. The number of furan rings is 1. The van der Waals surface area contributed by atoms with Crippen molar-refractivity contribution in [2.24, 2.45) is 5.92 Å². The Morgan fingerprint density at radius 2 is 1.89 bits per heavy atom. The maximum Gasteiger partial charge on any atom is 0.223 e. The maximum atomic E-state index is 12.7. The molecule has 28 heavy (non-hydrogen) atoms. The molecule has 0 bridgehead atoms. The molecule has 2 aromatic rings. The van der Waals surface area contributed by atoms with E-state index >= 15 is 0 Å². The maximum absolute atomic E-state index is 12.7. The molecule has 1 amide bonds. The fourth-order valence-corrected chi connectivity index (χ4v) is 5.02. The Bertz CT molecular complexity index is 852. The Kier molecular flexibility index (Phi) is 6.91. The van der Waals surface area contributed by atoms with Crippen LogP contribution < -0.4 is 5.32 Å². The van der Waals surface area contributed by atoms with Crippen molar-refractivity contribution < 1.29 is 17.6 Å². The van der Waals surface area contributed by atoms with E-state index in [9.17, 15) is 13.2 Å². The van der Waals surface area contributed by atoms with Gasteiger partial charge in [-0.1, -0.05) is 29.8 Å². The van der Waals surface area contributed by atoms with Crippen LogP contribution in [0.25, 0.3) is 0 Å². The van der Waals surface area contributed by atoms with E-state index in [2.05, 4.69) is 5.32 Å². The van der Waals surface area contributed by atoms with Crippen LogP contribution in [-0.4, -0.2) is 38.3 Å². The molecule has 1 aromatic heterocycles. The minimum Gasteiger partial charge on any atom is -0.469 e. The van der Waals surface area contributed by atoms with Gasteiger partial charge in [0.05, 0.1) is 12.0 Å². The van der Waals surface area contributed by atoms with Crippen LogP contribution in [0, 0.1) is 12.8 Å². The first kappa shape index (κ1) is 20.6. The van der Waals surface area contributed by atoms with E-state index in [1.807, 2.05) is 43.3 Å². The van der Waals surface area contributed by atoms with Crippen molar-refractivity contribution in [2.75, 3.05) is 19.6 Å². The van der Waals surface area contributed by atoms with E-state index in [1.54, 1.807) is 6.26 Å². The van der Waals surface area contributed by atoms with E-state index in [0.717, 1.165) is 29.7 Å². The number of nitrogens with zero attached hydrogens (tertiary/aromatic N) is 1. The van der Waals surface area contributed by atoms with Gasteiger partial charge in [0.2, 0.25) is 15.9 Å². The molecule has 6 nitrogen and oxygen atoms in total. The van der Waals surface area contributed by atoms with Crippen LogP contribution in [0.1, 0.15) is 36.1 Å². The Hall–Kier alpha value is -2.12. The molecule has 1 saturated heterocycles. The predicted molar refractivity (Wildman–Crippen MR) is 108 cm³/mol. The lowest BCUT2D eigenvalue weighted by Gasteiger charge is -2.30. The number of nitrogens with one attached hydrogen (secondary N) is 1. The summed E-state index contributed by atoms with van der Waals surface area (Å²) in [6.45, 7) is 3.38. The standard InChI is InChI=1S/C21H28N2O4S/c1-17-6-8-18(9-7-17)16-28(25,26)23-13-10-19(11-14-23)21(24)22-12-2-4-20-5-3-15-27-20/h3,5-9,15,19H,2,4,10-14,16H2,1H3,(H,22,24). The van der Waals surface area contributed by atoms with E-state index in [-0.39, 0.29) is 17.6 Å². The second-order valence-corrected chi connectivity index (χ2v) is 9.36. The summed E-state index contributed by atoms with van der Waals surface area (Å²) in [4.78, 5) is 12.3. The molecule has 1 aliphatic heterocycles. The van der Waals surface area contributed by atoms with Crippen LogP contribution in [0.4, 0.5) is 0 Å². The van der Waals surface area contributed by atoms with Gasteiger partial charge < -0.3 is 9.73 Å². The molecular weight excluding hydrogens is 376 g/mol. The lowest BCUT2D eigenvalue weighted by Crippen LogP contribution is -2.43. The van der Waals surface area contributed by atoms with Crippen LogP contribution in [0.5, 0.6) is 0 Å². The van der Waals surface area contributed by atoms with Gasteiger partial charge in [0.1, 0.15) is 5.76 Å².